The third-order valence-corrected chi connectivity index (χ3v) is 12.5. The number of unbranched alkanes of at least 4 members (excludes halogenated alkanes) is 5. The van der Waals surface area contributed by atoms with Gasteiger partial charge >= 0.3 is 23.5 Å². The summed E-state index contributed by atoms with van der Waals surface area (Å²) in [6.07, 6.45) is 0.0508. The molecule has 0 saturated carbocycles. The van der Waals surface area contributed by atoms with E-state index in [2.05, 4.69) is 41.3 Å². The fraction of sp³-hybridized carbons (Fsp3) is 0.733. The van der Waals surface area contributed by atoms with E-state index < -0.39 is 84.6 Å². The molecule has 2 aromatic rings. The van der Waals surface area contributed by atoms with E-state index in [-0.39, 0.29) is 41.6 Å². The van der Waals surface area contributed by atoms with Crippen molar-refractivity contribution in [3.05, 3.63) is 12.7 Å². The van der Waals surface area contributed by atoms with E-state index in [4.69, 9.17) is 19.5 Å². The molecule has 1 fully saturated rings. The first kappa shape index (κ1) is 49.9. The van der Waals surface area contributed by atoms with Crippen molar-refractivity contribution in [2.24, 2.45) is 5.41 Å². The van der Waals surface area contributed by atoms with Gasteiger partial charge in [-0.25, -0.2) is 28.6 Å². The SMILES string of the molecule is CCCCCCCCC(=O)SCCNC(=O)CCNC(=O)[C@H](O)C(C)(C)COP(=O)(O)OP(=O)(O)OC[C@@H]1O[C@H](n2cnc3c(N)ncnc32)[C@@H](O)[C@H]1OP(=O)(O)O. The summed E-state index contributed by atoms with van der Waals surface area (Å²) in [5.74, 6) is -1.03. The Kier molecular flexibility index (Phi) is 19.3. The minimum atomic E-state index is -5.57. The van der Waals surface area contributed by atoms with Crippen LogP contribution in [-0.2, 0) is 50.7 Å². The number of nitrogen functional groups attached to an aromatic ring is 1. The van der Waals surface area contributed by atoms with Gasteiger partial charge in [-0.15, -0.1) is 0 Å². The number of aliphatic hydroxyl groups excluding tert-OH is 2. The maximum atomic E-state index is 12.7. The molecule has 0 radical (unpaired) electrons. The summed E-state index contributed by atoms with van der Waals surface area (Å²) in [5, 5.41) is 26.5. The highest BCUT2D eigenvalue weighted by atomic mass is 32.2. The third-order valence-electron chi connectivity index (χ3n) is 8.50. The van der Waals surface area contributed by atoms with Crippen molar-refractivity contribution in [3.63, 3.8) is 0 Å². The van der Waals surface area contributed by atoms with Crippen LogP contribution in [0.5, 0.6) is 0 Å². The van der Waals surface area contributed by atoms with Crippen molar-refractivity contribution in [2.75, 3.05) is 37.8 Å². The zero-order chi connectivity index (χ0) is 43.3. The van der Waals surface area contributed by atoms with Crippen LogP contribution in [0.3, 0.4) is 0 Å². The van der Waals surface area contributed by atoms with Gasteiger partial charge in [-0.2, -0.15) is 4.31 Å². The van der Waals surface area contributed by atoms with Crippen LogP contribution in [0.25, 0.3) is 11.2 Å². The normalized spacial score (nSPS) is 21.3. The van der Waals surface area contributed by atoms with Gasteiger partial charge in [-0.05, 0) is 6.42 Å². The Morgan fingerprint density at radius 1 is 0.983 bits per heavy atom. The molecule has 3 rings (SSSR count). The zero-order valence-corrected chi connectivity index (χ0v) is 35.5. The van der Waals surface area contributed by atoms with E-state index >= 15 is 0 Å². The summed E-state index contributed by atoms with van der Waals surface area (Å²) in [4.78, 5) is 87.7. The number of thioether (sulfide) groups is 1. The third kappa shape index (κ3) is 16.2. The second-order valence-electron chi connectivity index (χ2n) is 13.8. The van der Waals surface area contributed by atoms with Gasteiger partial charge in [0.2, 0.25) is 11.8 Å². The number of anilines is 1. The average molecular weight is 908 g/mol. The van der Waals surface area contributed by atoms with Crippen molar-refractivity contribution < 1.29 is 80.5 Å². The molecule has 10 N–H and O–H groups in total. The number of carbonyl (C=O) groups is 3. The number of nitrogens with zero attached hydrogens (tertiary/aromatic N) is 4. The molecule has 0 bridgehead atoms. The highest BCUT2D eigenvalue weighted by Crippen LogP contribution is 2.61. The van der Waals surface area contributed by atoms with Gasteiger partial charge in [0.1, 0.15) is 36.3 Å². The lowest BCUT2D eigenvalue weighted by Crippen LogP contribution is -2.46. The number of carbonyl (C=O) groups excluding carboxylic acids is 3. The molecule has 3 heterocycles. The summed E-state index contributed by atoms with van der Waals surface area (Å²) in [6.45, 7) is 2.70. The van der Waals surface area contributed by atoms with Crippen LogP contribution in [0.1, 0.15) is 78.4 Å². The largest absolute Gasteiger partial charge is 0.481 e. The van der Waals surface area contributed by atoms with Gasteiger partial charge < -0.3 is 50.9 Å². The number of fused-ring (bicyclic) bond motifs is 1. The van der Waals surface area contributed by atoms with Gasteiger partial charge in [-0.3, -0.25) is 32.5 Å². The Morgan fingerprint density at radius 2 is 1.66 bits per heavy atom. The second kappa shape index (κ2) is 22.4. The molecule has 1 aliphatic heterocycles. The predicted molar refractivity (Wildman–Crippen MR) is 205 cm³/mol. The Bertz CT molecular complexity index is 1840. The summed E-state index contributed by atoms with van der Waals surface area (Å²) in [6, 6.07) is 0. The maximum Gasteiger partial charge on any atom is 0.481 e. The summed E-state index contributed by atoms with van der Waals surface area (Å²) in [5.41, 5.74) is 4.28. The van der Waals surface area contributed by atoms with Crippen LogP contribution in [0.15, 0.2) is 12.7 Å². The van der Waals surface area contributed by atoms with E-state index in [9.17, 15) is 57.9 Å². The smallest absolute Gasteiger partial charge is 0.386 e. The number of phosphoric acid groups is 3. The van der Waals surface area contributed by atoms with Crippen molar-refractivity contribution in [1.29, 1.82) is 0 Å². The summed E-state index contributed by atoms with van der Waals surface area (Å²) >= 11 is 1.14. The molecule has 2 amide bonds. The van der Waals surface area contributed by atoms with E-state index in [1.807, 2.05) is 0 Å². The fourth-order valence-corrected chi connectivity index (χ4v) is 8.97. The molecule has 2 unspecified atom stereocenters. The molecular weight excluding hydrogens is 855 g/mol. The molecular formula is C30H52N7O17P3S. The quantitative estimate of drug-likeness (QED) is 0.0476. The number of ether oxygens (including phenoxy) is 1. The first-order valence-electron chi connectivity index (χ1n) is 18.1. The molecule has 0 spiro atoms. The molecule has 0 aliphatic carbocycles. The number of hydrogen-bond donors (Lipinski definition) is 9. The number of amides is 2. The van der Waals surface area contributed by atoms with Crippen LogP contribution >= 0.6 is 35.2 Å². The van der Waals surface area contributed by atoms with Gasteiger partial charge in [0.05, 0.1) is 19.5 Å². The first-order chi connectivity index (χ1) is 27.1. The molecule has 0 aromatic carbocycles. The van der Waals surface area contributed by atoms with Gasteiger partial charge in [-0.1, -0.05) is 64.6 Å². The van der Waals surface area contributed by atoms with Crippen LogP contribution in [0, 0.1) is 5.41 Å². The average Bonchev–Trinajstić information content (AvgIpc) is 3.69. The van der Waals surface area contributed by atoms with Crippen molar-refractivity contribution in [3.8, 4) is 0 Å². The number of aliphatic hydroxyl groups is 2. The van der Waals surface area contributed by atoms with E-state index in [1.165, 1.54) is 20.3 Å². The summed E-state index contributed by atoms with van der Waals surface area (Å²) < 4.78 is 62.2. The van der Waals surface area contributed by atoms with E-state index in [0.717, 1.165) is 61.1 Å². The lowest BCUT2D eigenvalue weighted by molar-refractivity contribution is -0.137. The van der Waals surface area contributed by atoms with Crippen LogP contribution in [0.4, 0.5) is 5.82 Å². The molecule has 1 saturated heterocycles. The topological polar surface area (TPSA) is 364 Å². The number of hydrogen-bond acceptors (Lipinski definition) is 18. The van der Waals surface area contributed by atoms with Gasteiger partial charge in [0, 0.05) is 37.1 Å². The number of aromatic nitrogens is 4. The standard InChI is InChI=1S/C30H52N7O17P3S/c1-4-5-6-7-8-9-10-21(39)58-14-13-32-20(38)11-12-33-28(42)25(41)30(2,3)16-51-57(48,49)54-56(46,47)50-15-19-24(53-55(43,44)45)23(40)29(52-19)37-18-36-22-26(31)34-17-35-27(22)37/h17-19,23-25,29,40-41H,4-16H2,1-3H3,(H,32,38)(H,33,42)(H,46,47)(H,48,49)(H2,31,34,35)(H2,43,44,45)/t19-,23-,24-,25-,29-/m0/s1. The highest BCUT2D eigenvalue weighted by molar-refractivity contribution is 8.13. The molecule has 7 atom stereocenters. The monoisotopic (exact) mass is 907 g/mol. The molecule has 24 nitrogen and oxygen atoms in total. The second-order valence-corrected chi connectivity index (χ2v) is 19.2. The lowest BCUT2D eigenvalue weighted by Gasteiger charge is -2.30. The Balaban J connectivity index is 1.43. The highest BCUT2D eigenvalue weighted by Gasteiger charge is 2.50. The predicted octanol–water partition coefficient (Wildman–Crippen LogP) is 1.42. The van der Waals surface area contributed by atoms with Crippen molar-refractivity contribution in [2.45, 2.75) is 103 Å². The zero-order valence-electron chi connectivity index (χ0n) is 32.0. The number of nitrogens with one attached hydrogen (secondary N) is 2. The lowest BCUT2D eigenvalue weighted by atomic mass is 9.87. The number of imidazole rings is 1. The molecule has 58 heavy (non-hydrogen) atoms. The van der Waals surface area contributed by atoms with Crippen LogP contribution < -0.4 is 16.4 Å². The molecule has 330 valence electrons. The minimum absolute atomic E-state index is 0.0327. The Labute approximate surface area is 337 Å². The van der Waals surface area contributed by atoms with Crippen molar-refractivity contribution in [1.82, 2.24) is 30.2 Å². The minimum Gasteiger partial charge on any atom is -0.386 e. The number of nitrogens with two attached hydrogens (primary N) is 1. The van der Waals surface area contributed by atoms with Gasteiger partial charge in [0.25, 0.3) is 0 Å². The number of rotatable bonds is 26. The molecule has 28 heteroatoms. The Morgan fingerprint density at radius 3 is 2.34 bits per heavy atom. The van der Waals surface area contributed by atoms with Crippen LogP contribution in [0.2, 0.25) is 0 Å². The van der Waals surface area contributed by atoms with Crippen molar-refractivity contribution >= 4 is 69.1 Å². The van der Waals surface area contributed by atoms with Crippen LogP contribution in [-0.4, -0.2) is 123 Å². The first-order valence-corrected chi connectivity index (χ1v) is 23.6. The van der Waals surface area contributed by atoms with E-state index in [1.54, 1.807) is 0 Å². The maximum absolute atomic E-state index is 12.7. The Hall–Kier alpha value is -2.44. The van der Waals surface area contributed by atoms with Gasteiger partial charge in [0.15, 0.2) is 22.8 Å². The summed E-state index contributed by atoms with van der Waals surface area (Å²) in [7, 11) is -16.4. The fourth-order valence-electron chi connectivity index (χ4n) is 5.42. The van der Waals surface area contributed by atoms with E-state index in [0.29, 0.717) is 12.2 Å². The molecule has 1 aliphatic rings. The molecule has 2 aromatic heterocycles. The number of phosphoric ester groups is 3.